The lowest BCUT2D eigenvalue weighted by molar-refractivity contribution is -0.142. The van der Waals surface area contributed by atoms with Gasteiger partial charge in [0, 0.05) is 31.0 Å². The molecule has 0 saturated heterocycles. The molecule has 20 heavy (non-hydrogen) atoms. The molecule has 0 amide bonds. The number of carbonyl (C=O) groups is 1. The van der Waals surface area contributed by atoms with E-state index in [1.54, 1.807) is 16.7 Å². The van der Waals surface area contributed by atoms with Gasteiger partial charge in [-0.15, -0.1) is 0 Å². The van der Waals surface area contributed by atoms with E-state index in [9.17, 15) is 14.0 Å². The molecule has 0 bridgehead atoms. The highest BCUT2D eigenvalue weighted by atomic mass is 19.1. The van der Waals surface area contributed by atoms with E-state index in [-0.39, 0.29) is 29.9 Å². The number of esters is 1. The van der Waals surface area contributed by atoms with E-state index in [2.05, 4.69) is 0 Å². The number of ether oxygens (including phenoxy) is 1. The molecule has 1 atom stereocenters. The first-order chi connectivity index (χ1) is 9.56. The zero-order chi connectivity index (χ0) is 14.3. The van der Waals surface area contributed by atoms with Gasteiger partial charge in [-0.3, -0.25) is 9.59 Å². The highest BCUT2D eigenvalue weighted by Crippen LogP contribution is 2.28. The van der Waals surface area contributed by atoms with Crippen LogP contribution in [0, 0.1) is 11.7 Å². The van der Waals surface area contributed by atoms with Crippen molar-refractivity contribution < 1.29 is 13.9 Å². The van der Waals surface area contributed by atoms with Crippen LogP contribution in [0.2, 0.25) is 0 Å². The summed E-state index contributed by atoms with van der Waals surface area (Å²) >= 11 is 0. The summed E-state index contributed by atoms with van der Waals surface area (Å²) in [5.41, 5.74) is 1.04. The van der Waals surface area contributed by atoms with Crippen LogP contribution in [0.1, 0.15) is 12.5 Å². The topological polar surface area (TPSA) is 48.3 Å². The average molecular weight is 275 g/mol. The standard InChI is InChI=1S/C15H14FNO3/c1-9(18)20-8-10-6-12-13(16)4-2-11-3-5-14(19)17(7-10)15(11)12/h2-5,10H,6-8H2,1H3. The molecule has 104 valence electrons. The summed E-state index contributed by atoms with van der Waals surface area (Å²) in [6.45, 7) is 1.98. The largest absolute Gasteiger partial charge is 0.465 e. The minimum Gasteiger partial charge on any atom is -0.465 e. The van der Waals surface area contributed by atoms with Gasteiger partial charge in [-0.2, -0.15) is 0 Å². The van der Waals surface area contributed by atoms with Gasteiger partial charge >= 0.3 is 5.97 Å². The maximum atomic E-state index is 14.0. The SMILES string of the molecule is CC(=O)OCC1Cc2c(F)ccc3ccc(=O)n(c23)C1. The summed E-state index contributed by atoms with van der Waals surface area (Å²) in [5.74, 6) is -0.758. The van der Waals surface area contributed by atoms with Crippen LogP contribution in [-0.4, -0.2) is 17.1 Å². The van der Waals surface area contributed by atoms with Crippen molar-refractivity contribution in [2.24, 2.45) is 5.92 Å². The smallest absolute Gasteiger partial charge is 0.302 e. The second-order valence-electron chi connectivity index (χ2n) is 5.12. The Morgan fingerprint density at radius 1 is 1.40 bits per heavy atom. The Morgan fingerprint density at radius 2 is 2.15 bits per heavy atom. The van der Waals surface area contributed by atoms with Crippen molar-refractivity contribution in [2.75, 3.05) is 6.61 Å². The number of aromatic nitrogens is 1. The third-order valence-electron chi connectivity index (χ3n) is 3.65. The molecule has 1 unspecified atom stereocenters. The molecule has 1 aliphatic heterocycles. The molecule has 0 saturated carbocycles. The maximum absolute atomic E-state index is 14.0. The van der Waals surface area contributed by atoms with E-state index in [1.165, 1.54) is 19.1 Å². The van der Waals surface area contributed by atoms with Gasteiger partial charge in [0.15, 0.2) is 0 Å². The molecule has 0 spiro atoms. The van der Waals surface area contributed by atoms with Crippen molar-refractivity contribution >= 4 is 16.9 Å². The second kappa shape index (κ2) is 4.74. The third kappa shape index (κ3) is 2.09. The highest BCUT2D eigenvalue weighted by Gasteiger charge is 2.24. The van der Waals surface area contributed by atoms with E-state index in [0.29, 0.717) is 24.0 Å². The third-order valence-corrected chi connectivity index (χ3v) is 3.65. The predicted molar refractivity (Wildman–Crippen MR) is 72.0 cm³/mol. The molecule has 1 aromatic carbocycles. The average Bonchev–Trinajstić information content (AvgIpc) is 2.43. The number of hydrogen-bond donors (Lipinski definition) is 0. The van der Waals surface area contributed by atoms with E-state index in [0.717, 1.165) is 5.39 Å². The Morgan fingerprint density at radius 3 is 2.90 bits per heavy atom. The van der Waals surface area contributed by atoms with E-state index in [1.807, 2.05) is 0 Å². The molecule has 3 rings (SSSR count). The van der Waals surface area contributed by atoms with Crippen LogP contribution in [0.4, 0.5) is 4.39 Å². The number of halogens is 1. The summed E-state index contributed by atoms with van der Waals surface area (Å²) in [4.78, 5) is 22.9. The molecule has 0 fully saturated rings. The van der Waals surface area contributed by atoms with Crippen LogP contribution in [0.3, 0.4) is 0 Å². The van der Waals surface area contributed by atoms with Gasteiger partial charge in [0.25, 0.3) is 5.56 Å². The van der Waals surface area contributed by atoms with Crippen molar-refractivity contribution in [3.05, 3.63) is 46.0 Å². The summed E-state index contributed by atoms with van der Waals surface area (Å²) in [7, 11) is 0. The zero-order valence-electron chi connectivity index (χ0n) is 11.1. The fourth-order valence-corrected chi connectivity index (χ4v) is 2.78. The molecule has 0 N–H and O–H groups in total. The highest BCUT2D eigenvalue weighted by molar-refractivity contribution is 5.83. The first-order valence-corrected chi connectivity index (χ1v) is 6.50. The van der Waals surface area contributed by atoms with E-state index in [4.69, 9.17) is 4.74 Å². The van der Waals surface area contributed by atoms with Crippen LogP contribution in [0.5, 0.6) is 0 Å². The minimum absolute atomic E-state index is 0.0772. The maximum Gasteiger partial charge on any atom is 0.302 e. The lowest BCUT2D eigenvalue weighted by Gasteiger charge is -2.26. The number of nitrogens with zero attached hydrogens (tertiary/aromatic N) is 1. The molecule has 0 radical (unpaired) electrons. The summed E-state index contributed by atoms with van der Waals surface area (Å²) in [5, 5.41) is 0.854. The minimum atomic E-state index is -0.366. The first kappa shape index (κ1) is 12.8. The van der Waals surface area contributed by atoms with Gasteiger partial charge in [0.1, 0.15) is 5.82 Å². The molecular formula is C15H14FNO3. The van der Waals surface area contributed by atoms with E-state index < -0.39 is 0 Å². The Balaban J connectivity index is 2.08. The molecule has 5 heteroatoms. The number of pyridine rings is 1. The second-order valence-corrected chi connectivity index (χ2v) is 5.12. The number of hydrogen-bond acceptors (Lipinski definition) is 3. The van der Waals surface area contributed by atoms with Crippen LogP contribution < -0.4 is 5.56 Å². The van der Waals surface area contributed by atoms with Crippen molar-refractivity contribution in [3.63, 3.8) is 0 Å². The van der Waals surface area contributed by atoms with Gasteiger partial charge in [-0.1, -0.05) is 0 Å². The number of benzene rings is 1. The van der Waals surface area contributed by atoms with Crippen molar-refractivity contribution in [1.82, 2.24) is 4.57 Å². The van der Waals surface area contributed by atoms with Crippen LogP contribution >= 0.6 is 0 Å². The lowest BCUT2D eigenvalue weighted by Crippen LogP contribution is -2.32. The molecule has 2 heterocycles. The lowest BCUT2D eigenvalue weighted by atomic mass is 9.93. The summed E-state index contributed by atoms with van der Waals surface area (Å²) in [6, 6.07) is 6.29. The first-order valence-electron chi connectivity index (χ1n) is 6.50. The Bertz CT molecular complexity index is 751. The van der Waals surface area contributed by atoms with Gasteiger partial charge in [-0.05, 0) is 30.0 Å². The normalized spacial score (nSPS) is 17.2. The molecule has 0 aliphatic carbocycles. The molecule has 2 aromatic rings. The summed E-state index contributed by atoms with van der Waals surface area (Å²) < 4.78 is 20.6. The molecular weight excluding hydrogens is 261 g/mol. The Labute approximate surface area is 114 Å². The molecule has 4 nitrogen and oxygen atoms in total. The fourth-order valence-electron chi connectivity index (χ4n) is 2.78. The Kier molecular flexibility index (Phi) is 3.04. The monoisotopic (exact) mass is 275 g/mol. The van der Waals surface area contributed by atoms with Gasteiger partial charge in [0.2, 0.25) is 0 Å². The number of rotatable bonds is 2. The molecule has 1 aromatic heterocycles. The van der Waals surface area contributed by atoms with Crippen molar-refractivity contribution in [1.29, 1.82) is 0 Å². The van der Waals surface area contributed by atoms with Crippen LogP contribution in [-0.2, 0) is 22.5 Å². The van der Waals surface area contributed by atoms with E-state index >= 15 is 0 Å². The quantitative estimate of drug-likeness (QED) is 0.786. The molecule has 1 aliphatic rings. The van der Waals surface area contributed by atoms with Gasteiger partial charge in [-0.25, -0.2) is 4.39 Å². The fraction of sp³-hybridized carbons (Fsp3) is 0.333. The zero-order valence-corrected chi connectivity index (χ0v) is 11.1. The Hall–Kier alpha value is -2.17. The van der Waals surface area contributed by atoms with Crippen molar-refractivity contribution in [2.45, 2.75) is 19.9 Å². The summed E-state index contributed by atoms with van der Waals surface area (Å²) in [6.07, 6.45) is 0.472. The van der Waals surface area contributed by atoms with Gasteiger partial charge < -0.3 is 9.30 Å². The number of carbonyl (C=O) groups excluding carboxylic acids is 1. The van der Waals surface area contributed by atoms with Crippen molar-refractivity contribution in [3.8, 4) is 0 Å². The van der Waals surface area contributed by atoms with Crippen LogP contribution in [0.15, 0.2) is 29.1 Å². The van der Waals surface area contributed by atoms with Gasteiger partial charge in [0.05, 0.1) is 12.1 Å². The van der Waals surface area contributed by atoms with Crippen LogP contribution in [0.25, 0.3) is 10.9 Å². The predicted octanol–water partition coefficient (Wildman–Crippen LogP) is 1.88.